The predicted octanol–water partition coefficient (Wildman–Crippen LogP) is 0.387. The molecule has 0 radical (unpaired) electrons. The van der Waals surface area contributed by atoms with E-state index in [1.807, 2.05) is 30.3 Å². The van der Waals surface area contributed by atoms with Gasteiger partial charge in [-0.1, -0.05) is 30.3 Å². The predicted molar refractivity (Wildman–Crippen MR) is 55.9 cm³/mol. The summed E-state index contributed by atoms with van der Waals surface area (Å²) in [6.45, 7) is 0.129. The maximum absolute atomic E-state index is 11.2. The molecule has 3 rings (SSSR count). The Hall–Kier alpha value is -1.43. The number of ether oxygens (including phenoxy) is 3. The highest BCUT2D eigenvalue weighted by molar-refractivity contribution is 5.76. The molecule has 2 aliphatic rings. The standard InChI is InChI=1S/C12H12O5/c13-9-10-8(6-15-11(9)14)16-12(17-10)7-4-2-1-3-5-7/h1-5,8-10,12-13H,6H2/t8?,9-,10?,12?/m1/s1. The second-order valence-electron chi connectivity index (χ2n) is 4.09. The second-order valence-corrected chi connectivity index (χ2v) is 4.09. The summed E-state index contributed by atoms with van der Waals surface area (Å²) in [5.74, 6) is -0.649. The molecular weight excluding hydrogens is 224 g/mol. The summed E-state index contributed by atoms with van der Waals surface area (Å²) in [6.07, 6.45) is -2.84. The van der Waals surface area contributed by atoms with Gasteiger partial charge in [-0.25, -0.2) is 4.79 Å². The van der Waals surface area contributed by atoms with Crippen LogP contribution in [0, 0.1) is 0 Å². The molecular formula is C12H12O5. The Morgan fingerprint density at radius 3 is 2.71 bits per heavy atom. The van der Waals surface area contributed by atoms with Crippen LogP contribution in [0.4, 0.5) is 0 Å². The van der Waals surface area contributed by atoms with Crippen LogP contribution in [-0.2, 0) is 19.0 Å². The maximum atomic E-state index is 11.2. The summed E-state index contributed by atoms with van der Waals surface area (Å²) >= 11 is 0. The summed E-state index contributed by atoms with van der Waals surface area (Å²) in [7, 11) is 0. The third kappa shape index (κ3) is 1.82. The first kappa shape index (κ1) is 10.7. The first-order valence-electron chi connectivity index (χ1n) is 5.46. The molecule has 2 heterocycles. The average Bonchev–Trinajstić information content (AvgIpc) is 2.80. The van der Waals surface area contributed by atoms with Crippen molar-refractivity contribution in [2.45, 2.75) is 24.6 Å². The molecule has 3 unspecified atom stereocenters. The molecule has 5 nitrogen and oxygen atoms in total. The van der Waals surface area contributed by atoms with Crippen LogP contribution in [0.1, 0.15) is 11.9 Å². The van der Waals surface area contributed by atoms with Gasteiger partial charge in [0.15, 0.2) is 12.4 Å². The fourth-order valence-electron chi connectivity index (χ4n) is 2.06. The summed E-state index contributed by atoms with van der Waals surface area (Å²) in [4.78, 5) is 11.2. The number of cyclic esters (lactones) is 1. The Morgan fingerprint density at radius 2 is 1.94 bits per heavy atom. The topological polar surface area (TPSA) is 65.0 Å². The van der Waals surface area contributed by atoms with E-state index in [0.717, 1.165) is 5.56 Å². The Morgan fingerprint density at radius 1 is 1.18 bits per heavy atom. The van der Waals surface area contributed by atoms with Crippen LogP contribution in [0.25, 0.3) is 0 Å². The number of rotatable bonds is 1. The van der Waals surface area contributed by atoms with Crippen molar-refractivity contribution in [3.63, 3.8) is 0 Å². The molecule has 0 aliphatic carbocycles. The first-order chi connectivity index (χ1) is 8.25. The zero-order chi connectivity index (χ0) is 11.8. The molecule has 90 valence electrons. The number of carbonyl (C=O) groups is 1. The van der Waals surface area contributed by atoms with Gasteiger partial charge < -0.3 is 19.3 Å². The molecule has 1 aromatic carbocycles. The molecule has 0 bridgehead atoms. The van der Waals surface area contributed by atoms with Crippen molar-refractivity contribution in [1.82, 2.24) is 0 Å². The zero-order valence-corrected chi connectivity index (χ0v) is 8.98. The van der Waals surface area contributed by atoms with Crippen LogP contribution in [0.3, 0.4) is 0 Å². The van der Waals surface area contributed by atoms with E-state index < -0.39 is 30.6 Å². The number of esters is 1. The van der Waals surface area contributed by atoms with E-state index in [0.29, 0.717) is 0 Å². The van der Waals surface area contributed by atoms with E-state index in [2.05, 4.69) is 0 Å². The normalized spacial score (nSPS) is 36.4. The van der Waals surface area contributed by atoms with E-state index in [-0.39, 0.29) is 6.61 Å². The summed E-state index contributed by atoms with van der Waals surface area (Å²) in [5, 5.41) is 9.63. The molecule has 1 aromatic rings. The van der Waals surface area contributed by atoms with Crippen molar-refractivity contribution in [3.8, 4) is 0 Å². The minimum absolute atomic E-state index is 0.129. The summed E-state index contributed by atoms with van der Waals surface area (Å²) in [5.41, 5.74) is 0.863. The molecule has 2 fully saturated rings. The van der Waals surface area contributed by atoms with Gasteiger partial charge in [-0.05, 0) is 0 Å². The quantitative estimate of drug-likeness (QED) is 0.714. The molecule has 17 heavy (non-hydrogen) atoms. The highest BCUT2D eigenvalue weighted by atomic mass is 16.7. The summed E-state index contributed by atoms with van der Waals surface area (Å²) in [6, 6.07) is 9.39. The molecule has 5 heteroatoms. The lowest BCUT2D eigenvalue weighted by atomic mass is 10.1. The molecule has 0 spiro atoms. The van der Waals surface area contributed by atoms with E-state index in [1.165, 1.54) is 0 Å². The van der Waals surface area contributed by atoms with Gasteiger partial charge in [0.25, 0.3) is 0 Å². The highest BCUT2D eigenvalue weighted by Crippen LogP contribution is 2.34. The van der Waals surface area contributed by atoms with E-state index in [4.69, 9.17) is 14.2 Å². The van der Waals surface area contributed by atoms with Crippen LogP contribution in [-0.4, -0.2) is 36.0 Å². The number of carbonyl (C=O) groups excluding carboxylic acids is 1. The molecule has 0 amide bonds. The van der Waals surface area contributed by atoms with Gasteiger partial charge in [0, 0.05) is 5.56 Å². The smallest absolute Gasteiger partial charge is 0.337 e. The van der Waals surface area contributed by atoms with Crippen LogP contribution >= 0.6 is 0 Å². The molecule has 2 saturated heterocycles. The van der Waals surface area contributed by atoms with E-state index in [9.17, 15) is 9.90 Å². The Bertz CT molecular complexity index is 418. The minimum Gasteiger partial charge on any atom is -0.461 e. The van der Waals surface area contributed by atoms with Crippen molar-refractivity contribution in [2.24, 2.45) is 0 Å². The Labute approximate surface area is 97.9 Å². The lowest BCUT2D eigenvalue weighted by molar-refractivity contribution is -0.173. The fraction of sp³-hybridized carbons (Fsp3) is 0.417. The van der Waals surface area contributed by atoms with Crippen molar-refractivity contribution < 1.29 is 24.1 Å². The average molecular weight is 236 g/mol. The molecule has 1 N–H and O–H groups in total. The van der Waals surface area contributed by atoms with E-state index in [1.54, 1.807) is 0 Å². The second kappa shape index (κ2) is 4.10. The number of hydrogen-bond donors (Lipinski definition) is 1. The van der Waals surface area contributed by atoms with Crippen LogP contribution < -0.4 is 0 Å². The number of aliphatic hydroxyl groups excluding tert-OH is 1. The zero-order valence-electron chi connectivity index (χ0n) is 8.98. The van der Waals surface area contributed by atoms with Crippen molar-refractivity contribution in [2.75, 3.05) is 6.61 Å². The molecule has 2 aliphatic heterocycles. The number of fused-ring (bicyclic) bond motifs is 1. The molecule has 0 saturated carbocycles. The monoisotopic (exact) mass is 236 g/mol. The Balaban J connectivity index is 1.79. The third-order valence-corrected chi connectivity index (χ3v) is 2.96. The number of hydrogen-bond acceptors (Lipinski definition) is 5. The lowest BCUT2D eigenvalue weighted by Gasteiger charge is -2.25. The van der Waals surface area contributed by atoms with Gasteiger partial charge in [0.2, 0.25) is 0 Å². The maximum Gasteiger partial charge on any atom is 0.337 e. The van der Waals surface area contributed by atoms with Gasteiger partial charge in [-0.2, -0.15) is 0 Å². The van der Waals surface area contributed by atoms with Crippen molar-refractivity contribution >= 4 is 5.97 Å². The first-order valence-corrected chi connectivity index (χ1v) is 5.46. The van der Waals surface area contributed by atoms with Crippen LogP contribution in [0.15, 0.2) is 30.3 Å². The van der Waals surface area contributed by atoms with Crippen molar-refractivity contribution in [1.29, 1.82) is 0 Å². The van der Waals surface area contributed by atoms with Crippen LogP contribution in [0.2, 0.25) is 0 Å². The van der Waals surface area contributed by atoms with Gasteiger partial charge in [-0.15, -0.1) is 0 Å². The number of benzene rings is 1. The highest BCUT2D eigenvalue weighted by Gasteiger charge is 2.48. The third-order valence-electron chi connectivity index (χ3n) is 2.96. The largest absolute Gasteiger partial charge is 0.461 e. The van der Waals surface area contributed by atoms with Gasteiger partial charge >= 0.3 is 5.97 Å². The lowest BCUT2D eigenvalue weighted by Crippen LogP contribution is -2.48. The Kier molecular flexibility index (Phi) is 2.58. The van der Waals surface area contributed by atoms with Gasteiger partial charge in [0.1, 0.15) is 18.8 Å². The van der Waals surface area contributed by atoms with Crippen molar-refractivity contribution in [3.05, 3.63) is 35.9 Å². The molecule has 0 aromatic heterocycles. The number of aliphatic hydroxyl groups is 1. The summed E-state index contributed by atoms with van der Waals surface area (Å²) < 4.78 is 16.0. The van der Waals surface area contributed by atoms with E-state index >= 15 is 0 Å². The minimum atomic E-state index is -1.26. The van der Waals surface area contributed by atoms with Gasteiger partial charge in [-0.3, -0.25) is 0 Å². The fourth-order valence-corrected chi connectivity index (χ4v) is 2.06. The SMILES string of the molecule is O=C1OCC2OC(c3ccccc3)OC2[C@H]1O. The van der Waals surface area contributed by atoms with Crippen LogP contribution in [0.5, 0.6) is 0 Å². The van der Waals surface area contributed by atoms with Gasteiger partial charge in [0.05, 0.1) is 0 Å². The molecule has 4 atom stereocenters.